The van der Waals surface area contributed by atoms with Crippen LogP contribution in [0.15, 0.2) is 81.6 Å². The van der Waals surface area contributed by atoms with Gasteiger partial charge in [0.2, 0.25) is 0 Å². The number of esters is 1. The minimum absolute atomic E-state index is 0.0168. The molecule has 0 amide bonds. The predicted molar refractivity (Wildman–Crippen MR) is 149 cm³/mol. The summed E-state index contributed by atoms with van der Waals surface area (Å²) in [5.74, 6) is -0.596. The van der Waals surface area contributed by atoms with Crippen molar-refractivity contribution < 1.29 is 23.7 Å². The fourth-order valence-electron chi connectivity index (χ4n) is 4.93. The lowest BCUT2D eigenvalue weighted by Gasteiger charge is -2.35. The highest BCUT2D eigenvalue weighted by Gasteiger charge is 2.58. The van der Waals surface area contributed by atoms with Crippen LogP contribution in [0.5, 0.6) is 0 Å². The van der Waals surface area contributed by atoms with Gasteiger partial charge in [0, 0.05) is 30.1 Å². The normalized spacial score (nSPS) is 21.8. The van der Waals surface area contributed by atoms with Crippen LogP contribution in [-0.4, -0.2) is 46.5 Å². The largest absolute Gasteiger partial charge is 0.455 e. The quantitative estimate of drug-likeness (QED) is 0.108. The lowest BCUT2D eigenvalue weighted by molar-refractivity contribution is -0.162. The minimum Gasteiger partial charge on any atom is -0.455 e. The molecule has 0 saturated carbocycles. The first-order valence-corrected chi connectivity index (χ1v) is 13.3. The Labute approximate surface area is 236 Å². The van der Waals surface area contributed by atoms with E-state index in [1.807, 2.05) is 60.7 Å². The average Bonchev–Trinajstić information content (AvgIpc) is 3.25. The molecule has 4 atom stereocenters. The minimum atomic E-state index is -1.22. The molecule has 1 aliphatic rings. The van der Waals surface area contributed by atoms with E-state index in [4.69, 9.17) is 24.5 Å². The molecule has 0 bridgehead atoms. The monoisotopic (exact) mass is 563 g/mol. The van der Waals surface area contributed by atoms with Crippen LogP contribution >= 0.6 is 0 Å². The fourth-order valence-corrected chi connectivity index (χ4v) is 4.93. The summed E-state index contributed by atoms with van der Waals surface area (Å²) in [7, 11) is 0. The average molecular weight is 564 g/mol. The van der Waals surface area contributed by atoms with E-state index in [-0.39, 0.29) is 31.9 Å². The number of hydrogen-bond donors (Lipinski definition) is 1. The molecule has 1 fully saturated rings. The Morgan fingerprint density at radius 2 is 1.76 bits per heavy atom. The standard InChI is InChI=1S/C29H33N5O7/c1-20-16-34(28(37)32-26(20)36)27-24(40-21(2)35)25(39-18-23-12-7-4-8-13-23)29(41-27,14-9-15-31-33-30)19-38-17-22-10-5-3-6-11-22/h3-8,10-13,16,24-25,27H,9,14-15,17-19H2,1-2H3,(H,32,36,37)/t24-,25+,27-,29-/m1/s1. The second-order valence-electron chi connectivity index (χ2n) is 9.88. The van der Waals surface area contributed by atoms with Gasteiger partial charge in [0.05, 0.1) is 19.8 Å². The molecule has 1 N–H and O–H groups in total. The third-order valence-corrected chi connectivity index (χ3v) is 6.83. The summed E-state index contributed by atoms with van der Waals surface area (Å²) in [4.78, 5) is 42.6. The SMILES string of the molecule is CC(=O)O[C@H]1[C@H](n2cc(C)c(=O)[nH]c2=O)O[C@](CCCN=[N+]=[N-])(COCc2ccccc2)[C@H]1OCc1ccccc1. The van der Waals surface area contributed by atoms with Crippen molar-refractivity contribution in [1.82, 2.24) is 9.55 Å². The van der Waals surface area contributed by atoms with Crippen LogP contribution in [0.3, 0.4) is 0 Å². The first-order chi connectivity index (χ1) is 19.8. The summed E-state index contributed by atoms with van der Waals surface area (Å²) in [5, 5.41) is 3.65. The summed E-state index contributed by atoms with van der Waals surface area (Å²) in [5.41, 5.74) is 8.44. The molecule has 4 rings (SSSR count). The molecule has 2 aromatic carbocycles. The second-order valence-corrected chi connectivity index (χ2v) is 9.88. The molecule has 2 heterocycles. The van der Waals surface area contributed by atoms with Crippen LogP contribution in [0.25, 0.3) is 10.4 Å². The van der Waals surface area contributed by atoms with Crippen molar-refractivity contribution in [1.29, 1.82) is 0 Å². The zero-order valence-corrected chi connectivity index (χ0v) is 23.0. The highest BCUT2D eigenvalue weighted by atomic mass is 16.6. The van der Waals surface area contributed by atoms with Crippen LogP contribution in [0, 0.1) is 6.92 Å². The third-order valence-electron chi connectivity index (χ3n) is 6.83. The molecule has 1 aliphatic heterocycles. The van der Waals surface area contributed by atoms with Gasteiger partial charge in [-0.2, -0.15) is 0 Å². The molecule has 41 heavy (non-hydrogen) atoms. The number of aromatic amines is 1. The molecule has 0 radical (unpaired) electrons. The fraction of sp³-hybridized carbons (Fsp3) is 0.414. The third kappa shape index (κ3) is 7.50. The van der Waals surface area contributed by atoms with E-state index in [9.17, 15) is 14.4 Å². The van der Waals surface area contributed by atoms with Crippen molar-refractivity contribution in [2.75, 3.05) is 13.2 Å². The second kappa shape index (κ2) is 13.9. The number of ether oxygens (including phenoxy) is 4. The van der Waals surface area contributed by atoms with Crippen molar-refractivity contribution in [3.8, 4) is 0 Å². The van der Waals surface area contributed by atoms with Gasteiger partial charge in [0.25, 0.3) is 5.56 Å². The lowest BCUT2D eigenvalue weighted by atomic mass is 9.90. The molecule has 0 spiro atoms. The van der Waals surface area contributed by atoms with Crippen LogP contribution in [0.2, 0.25) is 0 Å². The molecule has 0 unspecified atom stereocenters. The first kappa shape index (κ1) is 29.8. The molecule has 12 nitrogen and oxygen atoms in total. The number of aromatic nitrogens is 2. The number of aryl methyl sites for hydroxylation is 1. The summed E-state index contributed by atoms with van der Waals surface area (Å²) in [6.07, 6.45) is -1.02. The number of carbonyl (C=O) groups is 1. The number of benzene rings is 2. The lowest BCUT2D eigenvalue weighted by Crippen LogP contribution is -2.49. The van der Waals surface area contributed by atoms with E-state index in [1.54, 1.807) is 6.92 Å². The van der Waals surface area contributed by atoms with Gasteiger partial charge in [0.15, 0.2) is 12.3 Å². The van der Waals surface area contributed by atoms with Gasteiger partial charge in [-0.15, -0.1) is 0 Å². The van der Waals surface area contributed by atoms with Gasteiger partial charge in [-0.1, -0.05) is 65.8 Å². The van der Waals surface area contributed by atoms with Crippen LogP contribution < -0.4 is 11.2 Å². The molecular formula is C29H33N5O7. The maximum atomic E-state index is 13.0. The van der Waals surface area contributed by atoms with Gasteiger partial charge in [-0.3, -0.25) is 19.1 Å². The highest BCUT2D eigenvalue weighted by molar-refractivity contribution is 5.66. The number of nitrogens with zero attached hydrogens (tertiary/aromatic N) is 4. The first-order valence-electron chi connectivity index (χ1n) is 13.3. The molecular weight excluding hydrogens is 530 g/mol. The van der Waals surface area contributed by atoms with Gasteiger partial charge < -0.3 is 18.9 Å². The Bertz CT molecular complexity index is 1470. The Morgan fingerprint density at radius 1 is 1.10 bits per heavy atom. The van der Waals surface area contributed by atoms with E-state index in [2.05, 4.69) is 15.0 Å². The highest BCUT2D eigenvalue weighted by Crippen LogP contribution is 2.44. The van der Waals surface area contributed by atoms with Crippen LogP contribution in [0.4, 0.5) is 0 Å². The molecule has 3 aromatic rings. The predicted octanol–water partition coefficient (Wildman–Crippen LogP) is 3.94. The smallest absolute Gasteiger partial charge is 0.330 e. The molecule has 12 heteroatoms. The Kier molecular flexibility index (Phi) is 10.1. The topological polar surface area (TPSA) is 158 Å². The molecule has 1 aromatic heterocycles. The van der Waals surface area contributed by atoms with E-state index >= 15 is 0 Å². The molecule has 1 saturated heterocycles. The Balaban J connectivity index is 1.76. The van der Waals surface area contributed by atoms with E-state index in [0.29, 0.717) is 12.8 Å². The van der Waals surface area contributed by atoms with Crippen molar-refractivity contribution >= 4 is 5.97 Å². The van der Waals surface area contributed by atoms with Crippen molar-refractivity contribution in [3.05, 3.63) is 115 Å². The summed E-state index contributed by atoms with van der Waals surface area (Å²) >= 11 is 0. The van der Waals surface area contributed by atoms with Gasteiger partial charge >= 0.3 is 11.7 Å². The van der Waals surface area contributed by atoms with Crippen molar-refractivity contribution in [2.45, 2.75) is 63.9 Å². The van der Waals surface area contributed by atoms with E-state index in [1.165, 1.54) is 17.7 Å². The van der Waals surface area contributed by atoms with E-state index in [0.717, 1.165) is 11.1 Å². The number of nitrogens with one attached hydrogen (secondary N) is 1. The Hall–Kier alpha value is -4.22. The van der Waals surface area contributed by atoms with Crippen LogP contribution in [-0.2, 0) is 37.0 Å². The molecule has 0 aliphatic carbocycles. The maximum absolute atomic E-state index is 13.0. The summed E-state index contributed by atoms with van der Waals surface area (Å²) in [6, 6.07) is 19.0. The van der Waals surface area contributed by atoms with Gasteiger partial charge in [0.1, 0.15) is 11.7 Å². The zero-order chi connectivity index (χ0) is 29.2. The van der Waals surface area contributed by atoms with Gasteiger partial charge in [-0.05, 0) is 36.4 Å². The van der Waals surface area contributed by atoms with Crippen molar-refractivity contribution in [3.63, 3.8) is 0 Å². The summed E-state index contributed by atoms with van der Waals surface area (Å²) in [6.45, 7) is 3.46. The number of hydrogen-bond acceptors (Lipinski definition) is 8. The van der Waals surface area contributed by atoms with Gasteiger partial charge in [-0.25, -0.2) is 4.79 Å². The van der Waals surface area contributed by atoms with E-state index < -0.39 is 41.3 Å². The van der Waals surface area contributed by atoms with Crippen LogP contribution in [0.1, 0.15) is 42.7 Å². The number of H-pyrrole nitrogens is 1. The number of azide groups is 1. The Morgan fingerprint density at radius 3 is 2.39 bits per heavy atom. The number of carbonyl (C=O) groups excluding carboxylic acids is 1. The molecule has 216 valence electrons. The van der Waals surface area contributed by atoms with Crippen molar-refractivity contribution in [2.24, 2.45) is 5.11 Å². The zero-order valence-electron chi connectivity index (χ0n) is 23.0. The maximum Gasteiger partial charge on any atom is 0.330 e. The number of rotatable bonds is 13. The summed E-state index contributed by atoms with van der Waals surface area (Å²) < 4.78 is 26.2.